The van der Waals surface area contributed by atoms with Crippen LogP contribution in [0.1, 0.15) is 23.2 Å². The first-order valence-electron chi connectivity index (χ1n) is 4.58. The van der Waals surface area contributed by atoms with Crippen LogP contribution in [0.25, 0.3) is 0 Å². The Labute approximate surface area is 107 Å². The molecule has 0 amide bonds. The van der Waals surface area contributed by atoms with Gasteiger partial charge in [0.15, 0.2) is 0 Å². The third-order valence-corrected chi connectivity index (χ3v) is 2.84. The first-order chi connectivity index (χ1) is 8.01. The maximum absolute atomic E-state index is 12.7. The molecular formula is C10H9Cl2F2NO2. The number of alkyl halides is 3. The van der Waals surface area contributed by atoms with Gasteiger partial charge in [-0.05, 0) is 5.56 Å². The fourth-order valence-electron chi connectivity index (χ4n) is 1.26. The van der Waals surface area contributed by atoms with Crippen molar-refractivity contribution in [3.63, 3.8) is 0 Å². The summed E-state index contributed by atoms with van der Waals surface area (Å²) < 4.78 is 29.8. The number of nitrogens with zero attached hydrogens (tertiary/aromatic N) is 1. The van der Waals surface area contributed by atoms with E-state index in [1.54, 1.807) is 0 Å². The van der Waals surface area contributed by atoms with Gasteiger partial charge in [0.05, 0.1) is 30.1 Å². The fourth-order valence-corrected chi connectivity index (χ4v) is 1.82. The summed E-state index contributed by atoms with van der Waals surface area (Å²) in [6.07, 6.45) is -2.11. The van der Waals surface area contributed by atoms with Crippen molar-refractivity contribution >= 4 is 29.2 Å². The van der Waals surface area contributed by atoms with Crippen molar-refractivity contribution in [2.24, 2.45) is 0 Å². The summed E-state index contributed by atoms with van der Waals surface area (Å²) in [7, 11) is 1.17. The van der Waals surface area contributed by atoms with Crippen molar-refractivity contribution in [2.45, 2.75) is 18.7 Å². The highest BCUT2D eigenvalue weighted by molar-refractivity contribution is 6.33. The summed E-state index contributed by atoms with van der Waals surface area (Å²) in [6.45, 7) is 0. The van der Waals surface area contributed by atoms with Crippen LogP contribution in [0.2, 0.25) is 5.02 Å². The highest BCUT2D eigenvalue weighted by Crippen LogP contribution is 2.30. The van der Waals surface area contributed by atoms with E-state index in [9.17, 15) is 13.6 Å². The molecule has 0 radical (unpaired) electrons. The van der Waals surface area contributed by atoms with Gasteiger partial charge in [-0.15, -0.1) is 11.6 Å². The quantitative estimate of drug-likeness (QED) is 0.630. The van der Waals surface area contributed by atoms with Crippen LogP contribution in [0, 0.1) is 0 Å². The Morgan fingerprint density at radius 2 is 2.24 bits per heavy atom. The van der Waals surface area contributed by atoms with Gasteiger partial charge in [0.25, 0.3) is 6.43 Å². The van der Waals surface area contributed by atoms with E-state index in [2.05, 4.69) is 9.72 Å². The lowest BCUT2D eigenvalue weighted by atomic mass is 10.1. The van der Waals surface area contributed by atoms with E-state index in [-0.39, 0.29) is 34.1 Å². The smallest absolute Gasteiger partial charge is 0.310 e. The van der Waals surface area contributed by atoms with Crippen LogP contribution in [0.3, 0.4) is 0 Å². The maximum atomic E-state index is 12.7. The highest BCUT2D eigenvalue weighted by atomic mass is 35.5. The molecule has 0 unspecified atom stereocenters. The molecule has 0 atom stereocenters. The molecule has 0 spiro atoms. The number of ether oxygens (including phenoxy) is 1. The molecule has 7 heteroatoms. The highest BCUT2D eigenvalue weighted by Gasteiger charge is 2.21. The molecule has 0 aromatic carbocycles. The predicted octanol–water partition coefficient (Wildman–Crippen LogP) is 3.13. The van der Waals surface area contributed by atoms with Crippen molar-refractivity contribution < 1.29 is 18.3 Å². The summed E-state index contributed by atoms with van der Waals surface area (Å²) in [5.74, 6) is -0.670. The lowest BCUT2D eigenvalue weighted by molar-refractivity contribution is -0.139. The third-order valence-electron chi connectivity index (χ3n) is 2.14. The van der Waals surface area contributed by atoms with E-state index in [0.717, 1.165) is 6.20 Å². The van der Waals surface area contributed by atoms with Crippen LogP contribution in [0.5, 0.6) is 0 Å². The predicted molar refractivity (Wildman–Crippen MR) is 59.5 cm³/mol. The molecule has 1 heterocycles. The molecule has 17 heavy (non-hydrogen) atoms. The number of hydrogen-bond acceptors (Lipinski definition) is 3. The third kappa shape index (κ3) is 3.26. The number of esters is 1. The number of pyridine rings is 1. The fraction of sp³-hybridized carbons (Fsp3) is 0.400. The van der Waals surface area contributed by atoms with E-state index in [4.69, 9.17) is 23.2 Å². The van der Waals surface area contributed by atoms with E-state index in [0.29, 0.717) is 0 Å². The Morgan fingerprint density at radius 3 is 2.71 bits per heavy atom. The molecule has 1 aromatic heterocycles. The summed E-state index contributed by atoms with van der Waals surface area (Å²) in [5, 5.41) is -0.0109. The monoisotopic (exact) mass is 283 g/mol. The van der Waals surface area contributed by atoms with Gasteiger partial charge < -0.3 is 4.74 Å². The molecule has 0 bridgehead atoms. The Bertz CT molecular complexity index is 427. The van der Waals surface area contributed by atoms with Gasteiger partial charge in [-0.1, -0.05) is 11.6 Å². The first kappa shape index (κ1) is 14.1. The largest absolute Gasteiger partial charge is 0.469 e. The second kappa shape index (κ2) is 6.12. The average Bonchev–Trinajstić information content (AvgIpc) is 2.30. The molecule has 0 saturated heterocycles. The molecule has 0 aliphatic rings. The summed E-state index contributed by atoms with van der Waals surface area (Å²) in [4.78, 5) is 14.8. The molecular weight excluding hydrogens is 275 g/mol. The van der Waals surface area contributed by atoms with Gasteiger partial charge in [-0.2, -0.15) is 0 Å². The van der Waals surface area contributed by atoms with Gasteiger partial charge in [0.2, 0.25) is 0 Å². The van der Waals surface area contributed by atoms with E-state index in [1.165, 1.54) is 7.11 Å². The van der Waals surface area contributed by atoms with Crippen LogP contribution < -0.4 is 0 Å². The van der Waals surface area contributed by atoms with Crippen molar-refractivity contribution in [2.75, 3.05) is 7.11 Å². The molecule has 1 aromatic rings. The van der Waals surface area contributed by atoms with Gasteiger partial charge in [-0.25, -0.2) is 8.78 Å². The first-order valence-corrected chi connectivity index (χ1v) is 5.49. The maximum Gasteiger partial charge on any atom is 0.310 e. The van der Waals surface area contributed by atoms with Crippen LogP contribution in [0.4, 0.5) is 8.78 Å². The molecule has 94 valence electrons. The normalized spacial score (nSPS) is 10.7. The lowest BCUT2D eigenvalue weighted by Crippen LogP contribution is -2.09. The van der Waals surface area contributed by atoms with Gasteiger partial charge in [0.1, 0.15) is 0 Å². The van der Waals surface area contributed by atoms with Gasteiger partial charge in [0, 0.05) is 11.8 Å². The van der Waals surface area contributed by atoms with Crippen molar-refractivity contribution in [3.05, 3.63) is 28.0 Å². The summed E-state index contributed by atoms with van der Waals surface area (Å²) in [6, 6.07) is 0. The summed E-state index contributed by atoms with van der Waals surface area (Å²) >= 11 is 11.4. The minimum atomic E-state index is -2.76. The summed E-state index contributed by atoms with van der Waals surface area (Å²) in [5.41, 5.74) is -0.106. The van der Waals surface area contributed by atoms with Crippen molar-refractivity contribution in [3.8, 4) is 0 Å². The second-order valence-electron chi connectivity index (χ2n) is 3.14. The zero-order valence-corrected chi connectivity index (χ0v) is 10.4. The van der Waals surface area contributed by atoms with Gasteiger partial charge >= 0.3 is 5.97 Å². The molecule has 0 fully saturated rings. The molecule has 3 nitrogen and oxygen atoms in total. The Kier molecular flexibility index (Phi) is 5.08. The second-order valence-corrected chi connectivity index (χ2v) is 3.79. The van der Waals surface area contributed by atoms with Crippen LogP contribution >= 0.6 is 23.2 Å². The number of hydrogen-bond donors (Lipinski definition) is 0. The molecule has 0 aliphatic heterocycles. The minimum absolute atomic E-state index is 0.0109. The van der Waals surface area contributed by atoms with E-state index in [1.807, 2.05) is 0 Å². The van der Waals surface area contributed by atoms with E-state index < -0.39 is 12.4 Å². The zero-order valence-electron chi connectivity index (χ0n) is 8.84. The average molecular weight is 284 g/mol. The Morgan fingerprint density at radius 1 is 1.59 bits per heavy atom. The van der Waals surface area contributed by atoms with Crippen molar-refractivity contribution in [1.82, 2.24) is 4.98 Å². The number of methoxy groups -OCH3 is 1. The Balaban J connectivity index is 3.24. The van der Waals surface area contributed by atoms with Gasteiger partial charge in [-0.3, -0.25) is 9.78 Å². The van der Waals surface area contributed by atoms with Crippen LogP contribution in [-0.4, -0.2) is 18.1 Å². The number of halogens is 4. The number of rotatable bonds is 4. The molecule has 1 rings (SSSR count). The topological polar surface area (TPSA) is 39.2 Å². The molecule has 0 saturated carbocycles. The zero-order chi connectivity index (χ0) is 13.0. The lowest BCUT2D eigenvalue weighted by Gasteiger charge is -2.11. The minimum Gasteiger partial charge on any atom is -0.469 e. The Hall–Kier alpha value is -0.940. The number of aromatic nitrogens is 1. The molecule has 0 N–H and O–H groups in total. The molecule has 0 aliphatic carbocycles. The SMILES string of the molecule is COC(=O)Cc1c(C(F)F)cnc(CCl)c1Cl. The number of carbonyl (C=O) groups excluding carboxylic acids is 1. The standard InChI is InChI=1S/C10H9Cl2F2NO2/c1-17-8(16)2-5-6(10(13)14)4-15-7(3-11)9(5)12/h4,10H,2-3H2,1H3. The van der Waals surface area contributed by atoms with E-state index >= 15 is 0 Å². The number of carbonyl (C=O) groups is 1. The van der Waals surface area contributed by atoms with Crippen molar-refractivity contribution in [1.29, 1.82) is 0 Å². The van der Waals surface area contributed by atoms with Crippen LogP contribution in [-0.2, 0) is 21.8 Å². The van der Waals surface area contributed by atoms with Crippen LogP contribution in [0.15, 0.2) is 6.20 Å².